The summed E-state index contributed by atoms with van der Waals surface area (Å²) in [6, 6.07) is 10.2. The highest BCUT2D eigenvalue weighted by Gasteiger charge is 2.21. The molecule has 2 aromatic rings. The number of carbonyl (C=O) groups excluding carboxylic acids is 2. The summed E-state index contributed by atoms with van der Waals surface area (Å²) in [5, 5.41) is 0.615. The van der Waals surface area contributed by atoms with Crippen molar-refractivity contribution in [2.75, 3.05) is 0 Å². The van der Waals surface area contributed by atoms with Crippen molar-refractivity contribution in [3.8, 4) is 0 Å². The minimum absolute atomic E-state index is 0.115. The number of hydrogen-bond acceptors (Lipinski definition) is 2. The van der Waals surface area contributed by atoms with E-state index in [-0.39, 0.29) is 5.78 Å². The molecule has 0 aliphatic carbocycles. The zero-order valence-electron chi connectivity index (χ0n) is 11.0. The van der Waals surface area contributed by atoms with Gasteiger partial charge >= 0.3 is 0 Å². The predicted octanol–water partition coefficient (Wildman–Crippen LogP) is 3.69. The van der Waals surface area contributed by atoms with Gasteiger partial charge in [-0.05, 0) is 36.8 Å². The number of ketones is 1. The van der Waals surface area contributed by atoms with E-state index in [1.807, 2.05) is 12.1 Å². The van der Waals surface area contributed by atoms with Crippen molar-refractivity contribution in [1.82, 2.24) is 4.57 Å². The molecular weight excluding hydrogens is 274 g/mol. The topological polar surface area (TPSA) is 39.1 Å². The molecule has 1 aromatic carbocycles. The van der Waals surface area contributed by atoms with E-state index >= 15 is 0 Å². The molecule has 0 spiro atoms. The van der Waals surface area contributed by atoms with Crippen LogP contribution in [-0.2, 0) is 4.79 Å². The van der Waals surface area contributed by atoms with Gasteiger partial charge in [-0.1, -0.05) is 30.3 Å². The smallest absolute Gasteiger partial charge is 0.166 e. The third-order valence-corrected chi connectivity index (χ3v) is 3.43. The van der Waals surface area contributed by atoms with Crippen molar-refractivity contribution < 1.29 is 9.59 Å². The first-order chi connectivity index (χ1) is 9.54. The molecule has 0 radical (unpaired) electrons. The summed E-state index contributed by atoms with van der Waals surface area (Å²) < 4.78 is 1.74. The van der Waals surface area contributed by atoms with Crippen LogP contribution < -0.4 is 0 Å². The van der Waals surface area contributed by atoms with Crippen LogP contribution in [0.25, 0.3) is 0 Å². The number of allylic oxidation sites excluding steroid dienone is 1. The maximum atomic E-state index is 11.7. The highest BCUT2D eigenvalue weighted by molar-refractivity contribution is 6.30. The van der Waals surface area contributed by atoms with Crippen LogP contribution in [0.1, 0.15) is 29.0 Å². The second kappa shape index (κ2) is 5.88. The van der Waals surface area contributed by atoms with Crippen LogP contribution in [0.3, 0.4) is 0 Å². The summed E-state index contributed by atoms with van der Waals surface area (Å²) in [7, 11) is 0. The lowest BCUT2D eigenvalue weighted by Gasteiger charge is -2.22. The first-order valence-corrected chi connectivity index (χ1v) is 6.49. The minimum Gasteiger partial charge on any atom is -0.334 e. The Balaban J connectivity index is 2.56. The molecule has 0 saturated carbocycles. The van der Waals surface area contributed by atoms with E-state index in [1.165, 1.54) is 6.92 Å². The summed E-state index contributed by atoms with van der Waals surface area (Å²) >= 11 is 5.89. The van der Waals surface area contributed by atoms with E-state index in [9.17, 15) is 9.59 Å². The quantitative estimate of drug-likeness (QED) is 0.621. The molecule has 0 fully saturated rings. The third-order valence-electron chi connectivity index (χ3n) is 3.18. The molecular formula is C16H14ClNO2. The Hall–Kier alpha value is -2.13. The second-order valence-electron chi connectivity index (χ2n) is 4.49. The van der Waals surface area contributed by atoms with Crippen LogP contribution in [-0.4, -0.2) is 16.6 Å². The van der Waals surface area contributed by atoms with Crippen molar-refractivity contribution in [2.24, 2.45) is 0 Å². The number of rotatable bonds is 5. The van der Waals surface area contributed by atoms with E-state index in [1.54, 1.807) is 35.0 Å². The lowest BCUT2D eigenvalue weighted by molar-refractivity contribution is -0.113. The van der Waals surface area contributed by atoms with Crippen molar-refractivity contribution in [1.29, 1.82) is 0 Å². The molecule has 0 unspecified atom stereocenters. The highest BCUT2D eigenvalue weighted by atomic mass is 35.5. The van der Waals surface area contributed by atoms with Gasteiger partial charge in [0.2, 0.25) is 0 Å². The fourth-order valence-electron chi connectivity index (χ4n) is 2.11. The summed E-state index contributed by atoms with van der Waals surface area (Å²) in [4.78, 5) is 22.8. The van der Waals surface area contributed by atoms with Crippen molar-refractivity contribution in [3.63, 3.8) is 0 Å². The van der Waals surface area contributed by atoms with E-state index < -0.39 is 6.04 Å². The number of Topliss-reactive ketones (excluding diaryl/α,β-unsaturated/α-hetero) is 1. The maximum absolute atomic E-state index is 11.7. The average molecular weight is 288 g/mol. The molecule has 4 heteroatoms. The molecule has 102 valence electrons. The minimum atomic E-state index is -0.403. The Morgan fingerprint density at radius 2 is 1.95 bits per heavy atom. The van der Waals surface area contributed by atoms with Crippen molar-refractivity contribution in [2.45, 2.75) is 13.0 Å². The molecule has 2 rings (SSSR count). The van der Waals surface area contributed by atoms with Crippen LogP contribution in [0.15, 0.2) is 54.7 Å². The van der Waals surface area contributed by atoms with Gasteiger partial charge in [0.1, 0.15) is 0 Å². The number of carbonyl (C=O) groups is 2. The lowest BCUT2D eigenvalue weighted by atomic mass is 9.97. The van der Waals surface area contributed by atoms with Crippen LogP contribution in [0.4, 0.5) is 0 Å². The molecule has 1 heterocycles. The van der Waals surface area contributed by atoms with Gasteiger partial charge in [-0.15, -0.1) is 0 Å². The first-order valence-electron chi connectivity index (χ1n) is 6.12. The molecule has 3 nitrogen and oxygen atoms in total. The van der Waals surface area contributed by atoms with Crippen LogP contribution in [0.5, 0.6) is 0 Å². The number of aldehydes is 1. The van der Waals surface area contributed by atoms with Gasteiger partial charge in [-0.3, -0.25) is 9.59 Å². The second-order valence-corrected chi connectivity index (χ2v) is 4.93. The van der Waals surface area contributed by atoms with Gasteiger partial charge in [-0.25, -0.2) is 0 Å². The third kappa shape index (κ3) is 2.73. The lowest BCUT2D eigenvalue weighted by Crippen LogP contribution is -2.18. The number of halogens is 1. The van der Waals surface area contributed by atoms with Gasteiger partial charge in [-0.2, -0.15) is 0 Å². The fourth-order valence-corrected chi connectivity index (χ4v) is 2.24. The molecule has 0 saturated heterocycles. The normalized spacial score (nSPS) is 11.9. The van der Waals surface area contributed by atoms with Crippen LogP contribution in [0, 0.1) is 0 Å². The van der Waals surface area contributed by atoms with Gasteiger partial charge < -0.3 is 4.57 Å². The number of nitrogens with zero attached hydrogens (tertiary/aromatic N) is 1. The zero-order valence-corrected chi connectivity index (χ0v) is 11.8. The molecule has 20 heavy (non-hydrogen) atoms. The Bertz CT molecular complexity index is 655. The molecule has 1 atom stereocenters. The molecule has 0 amide bonds. The monoisotopic (exact) mass is 287 g/mol. The summed E-state index contributed by atoms with van der Waals surface area (Å²) in [5.41, 5.74) is 1.77. The Kier molecular flexibility index (Phi) is 4.20. The van der Waals surface area contributed by atoms with E-state index in [0.717, 1.165) is 11.8 Å². The van der Waals surface area contributed by atoms with Crippen LogP contribution in [0.2, 0.25) is 5.02 Å². The molecule has 0 bridgehead atoms. The van der Waals surface area contributed by atoms with Gasteiger partial charge in [0.15, 0.2) is 12.1 Å². The molecule has 0 N–H and O–H groups in total. The Morgan fingerprint density at radius 3 is 2.50 bits per heavy atom. The molecule has 0 aliphatic heterocycles. The summed E-state index contributed by atoms with van der Waals surface area (Å²) in [6.07, 6.45) is 2.52. The van der Waals surface area contributed by atoms with Gasteiger partial charge in [0.25, 0.3) is 0 Å². The fraction of sp³-hybridized carbons (Fsp3) is 0.125. The summed E-state index contributed by atoms with van der Waals surface area (Å²) in [6.45, 7) is 5.33. The standard InChI is InChI=1S/C16H14ClNO2/c1-11(12(2)20)16(13-5-7-14(17)8-6-13)18-9-3-4-15(18)10-19/h3-10,16H,1H2,2H3/t16-/m0/s1. The zero-order chi connectivity index (χ0) is 14.7. The molecule has 0 aliphatic rings. The largest absolute Gasteiger partial charge is 0.334 e. The predicted molar refractivity (Wildman–Crippen MR) is 79.2 cm³/mol. The molecule has 1 aromatic heterocycles. The van der Waals surface area contributed by atoms with Crippen molar-refractivity contribution in [3.05, 3.63) is 71.0 Å². The number of benzene rings is 1. The SMILES string of the molecule is C=C(C(C)=O)[C@@H](c1ccc(Cl)cc1)n1cccc1C=O. The average Bonchev–Trinajstić information content (AvgIpc) is 2.89. The Morgan fingerprint density at radius 1 is 1.30 bits per heavy atom. The van der Waals surface area contributed by atoms with E-state index in [0.29, 0.717) is 16.3 Å². The maximum Gasteiger partial charge on any atom is 0.166 e. The van der Waals surface area contributed by atoms with Crippen molar-refractivity contribution >= 4 is 23.7 Å². The first kappa shape index (κ1) is 14.3. The number of aromatic nitrogens is 1. The van der Waals surface area contributed by atoms with Gasteiger partial charge in [0, 0.05) is 16.8 Å². The number of hydrogen-bond donors (Lipinski definition) is 0. The Labute approximate surface area is 122 Å². The summed E-state index contributed by atoms with van der Waals surface area (Å²) in [5.74, 6) is -0.115. The van der Waals surface area contributed by atoms with E-state index in [4.69, 9.17) is 11.6 Å². The van der Waals surface area contributed by atoms with Crippen LogP contribution >= 0.6 is 11.6 Å². The van der Waals surface area contributed by atoms with Gasteiger partial charge in [0.05, 0.1) is 11.7 Å². The highest BCUT2D eigenvalue weighted by Crippen LogP contribution is 2.28. The van der Waals surface area contributed by atoms with E-state index in [2.05, 4.69) is 6.58 Å².